The molecule has 9 N–H and O–H groups in total. The minimum atomic E-state index is -1.68. The summed E-state index contributed by atoms with van der Waals surface area (Å²) in [6.07, 6.45) is 3.72. The quantitative estimate of drug-likeness (QED) is 0.0603. The highest BCUT2D eigenvalue weighted by Gasteiger charge is 2.33. The molecule has 0 radical (unpaired) electrons. The topological polar surface area (TPSA) is 217 Å². The van der Waals surface area contributed by atoms with Crippen molar-refractivity contribution in [1.29, 1.82) is 0 Å². The maximum atomic E-state index is 12.8. The second-order valence-electron chi connectivity index (χ2n) is 9.51. The molecular formula is C31H33NO11. The molecule has 0 saturated carbocycles. The molecule has 3 rings (SSSR count). The van der Waals surface area contributed by atoms with Crippen LogP contribution in [0.1, 0.15) is 40.7 Å². The molecule has 0 fully saturated rings. The van der Waals surface area contributed by atoms with Crippen LogP contribution in [0.5, 0.6) is 34.5 Å². The molecule has 0 heterocycles. The van der Waals surface area contributed by atoms with Crippen LogP contribution in [0.3, 0.4) is 0 Å². The summed E-state index contributed by atoms with van der Waals surface area (Å²) in [6.45, 7) is 2.13. The Bertz CT molecular complexity index is 1530. The van der Waals surface area contributed by atoms with Crippen LogP contribution in [0.2, 0.25) is 0 Å². The number of esters is 1. The second kappa shape index (κ2) is 14.6. The van der Waals surface area contributed by atoms with Gasteiger partial charge in [0.25, 0.3) is 0 Å². The molecule has 0 spiro atoms. The predicted molar refractivity (Wildman–Crippen MR) is 157 cm³/mol. The van der Waals surface area contributed by atoms with Gasteiger partial charge in [0.2, 0.25) is 6.10 Å². The highest BCUT2D eigenvalue weighted by atomic mass is 16.6. The molecule has 3 aromatic carbocycles. The van der Waals surface area contributed by atoms with Gasteiger partial charge in [0.1, 0.15) is 0 Å². The fraction of sp³-hybridized carbons (Fsp3) is 0.226. The molecular weight excluding hydrogens is 562 g/mol. The van der Waals surface area contributed by atoms with Crippen LogP contribution in [-0.4, -0.2) is 78.6 Å². The van der Waals surface area contributed by atoms with Gasteiger partial charge >= 0.3 is 11.9 Å². The maximum absolute atomic E-state index is 12.8. The Morgan fingerprint density at radius 2 is 1.35 bits per heavy atom. The van der Waals surface area contributed by atoms with Crippen molar-refractivity contribution >= 4 is 30.2 Å². The number of carbonyl (C=O) groups excluding carboxylic acids is 1. The molecule has 43 heavy (non-hydrogen) atoms. The first-order chi connectivity index (χ1) is 20.4. The van der Waals surface area contributed by atoms with Gasteiger partial charge in [-0.1, -0.05) is 25.1 Å². The summed E-state index contributed by atoms with van der Waals surface area (Å²) in [5.41, 5.74) is 1.81. The van der Waals surface area contributed by atoms with Crippen LogP contribution in [0, 0.1) is 0 Å². The van der Waals surface area contributed by atoms with E-state index in [1.54, 1.807) is 6.92 Å². The van der Waals surface area contributed by atoms with E-state index in [-0.39, 0.29) is 36.6 Å². The van der Waals surface area contributed by atoms with Gasteiger partial charge < -0.3 is 50.9 Å². The van der Waals surface area contributed by atoms with Crippen molar-refractivity contribution in [3.8, 4) is 34.5 Å². The van der Waals surface area contributed by atoms with E-state index in [0.717, 1.165) is 6.08 Å². The summed E-state index contributed by atoms with van der Waals surface area (Å²) in [6, 6.07) is 8.77. The molecule has 0 amide bonds. The molecule has 0 aliphatic heterocycles. The van der Waals surface area contributed by atoms with Gasteiger partial charge in [0, 0.05) is 25.1 Å². The number of carbonyl (C=O) groups is 2. The lowest BCUT2D eigenvalue weighted by Crippen LogP contribution is -2.38. The third-order valence-electron chi connectivity index (χ3n) is 6.53. The summed E-state index contributed by atoms with van der Waals surface area (Å²) >= 11 is 0. The monoisotopic (exact) mass is 595 g/mol. The first-order valence-corrected chi connectivity index (χ1v) is 13.2. The van der Waals surface area contributed by atoms with E-state index in [0.29, 0.717) is 28.8 Å². The minimum absolute atomic E-state index is 0.0700. The molecule has 12 heteroatoms. The fourth-order valence-corrected chi connectivity index (χ4v) is 4.30. The molecule has 2 atom stereocenters. The number of carboxylic acids is 1. The molecule has 0 aliphatic carbocycles. The van der Waals surface area contributed by atoms with Crippen molar-refractivity contribution in [2.24, 2.45) is 0 Å². The van der Waals surface area contributed by atoms with Crippen molar-refractivity contribution in [2.75, 3.05) is 19.7 Å². The lowest BCUT2D eigenvalue weighted by molar-refractivity contribution is -0.162. The summed E-state index contributed by atoms with van der Waals surface area (Å²) in [5.74, 6) is -5.98. The number of phenols is 6. The lowest BCUT2D eigenvalue weighted by atomic mass is 9.92. The number of aromatic hydroxyl groups is 6. The number of rotatable bonds is 13. The Kier molecular flexibility index (Phi) is 11.0. The van der Waals surface area contributed by atoms with Crippen LogP contribution >= 0.6 is 0 Å². The first kappa shape index (κ1) is 32.3. The molecule has 3 aromatic rings. The van der Waals surface area contributed by atoms with Crippen LogP contribution in [0.15, 0.2) is 48.5 Å². The number of hydrogen-bond donors (Lipinski definition) is 9. The smallest absolute Gasteiger partial charge is 0.345 e. The maximum Gasteiger partial charge on any atom is 0.345 e. The fourth-order valence-electron chi connectivity index (χ4n) is 4.30. The Labute approximate surface area is 246 Å². The first-order valence-electron chi connectivity index (χ1n) is 13.2. The van der Waals surface area contributed by atoms with Gasteiger partial charge in [-0.25, -0.2) is 9.59 Å². The number of benzene rings is 3. The van der Waals surface area contributed by atoms with Crippen molar-refractivity contribution in [3.63, 3.8) is 0 Å². The van der Waals surface area contributed by atoms with Crippen molar-refractivity contribution in [1.82, 2.24) is 5.32 Å². The number of aliphatic hydroxyl groups excluding tert-OH is 1. The molecule has 0 unspecified atom stereocenters. The Morgan fingerprint density at radius 3 is 1.93 bits per heavy atom. The second-order valence-corrected chi connectivity index (χ2v) is 9.51. The standard InChI is InChI=1S/C31H33NO11/c1-2-32-16-22(21-5-7-23(34)24(35)15-21)30(31(41)42)43-29(40)8-6-19-13-27(38)25(36)11-17(19)3-4-18-12-26(37)28(39)14-20(18)9-10-33/h3-8,11-15,22,30,32-39H,2,9-10,16H2,1H3,(H,41,42)/t22-,30+/m0/s1. The number of aliphatic hydroxyl groups is 1. The van der Waals surface area contributed by atoms with Crippen LogP contribution < -0.4 is 5.32 Å². The number of phenolic OH excluding ortho intramolecular Hbond substituents is 6. The zero-order chi connectivity index (χ0) is 31.7. The lowest BCUT2D eigenvalue weighted by Gasteiger charge is -2.24. The predicted octanol–water partition coefficient (Wildman–Crippen LogP) is 3.03. The van der Waals surface area contributed by atoms with Gasteiger partial charge in [0.05, 0.1) is 0 Å². The van der Waals surface area contributed by atoms with Crippen LogP contribution in [0.4, 0.5) is 0 Å². The molecule has 0 aliphatic rings. The zero-order valence-corrected chi connectivity index (χ0v) is 23.1. The molecule has 0 saturated heterocycles. The molecule has 0 aromatic heterocycles. The summed E-state index contributed by atoms with van der Waals surface area (Å²) in [5, 5.41) is 81.6. The highest BCUT2D eigenvalue weighted by Crippen LogP contribution is 2.34. The highest BCUT2D eigenvalue weighted by molar-refractivity contribution is 5.91. The van der Waals surface area contributed by atoms with E-state index >= 15 is 0 Å². The molecule has 12 nitrogen and oxygen atoms in total. The van der Waals surface area contributed by atoms with Gasteiger partial charge in [-0.05, 0) is 83.3 Å². The van der Waals surface area contributed by atoms with Gasteiger partial charge in [0.15, 0.2) is 34.5 Å². The van der Waals surface area contributed by atoms with Gasteiger partial charge in [-0.3, -0.25) is 0 Å². The third-order valence-corrected chi connectivity index (χ3v) is 6.53. The average molecular weight is 596 g/mol. The minimum Gasteiger partial charge on any atom is -0.504 e. The van der Waals surface area contributed by atoms with Gasteiger partial charge in [-0.2, -0.15) is 0 Å². The summed E-state index contributed by atoms with van der Waals surface area (Å²) in [7, 11) is 0. The number of likely N-dealkylation sites (N-methyl/N-ethyl adjacent to an activating group) is 1. The number of ether oxygens (including phenoxy) is 1. The summed E-state index contributed by atoms with van der Waals surface area (Å²) < 4.78 is 5.29. The van der Waals surface area contributed by atoms with Gasteiger partial charge in [-0.15, -0.1) is 0 Å². The van der Waals surface area contributed by atoms with E-state index in [9.17, 15) is 50.4 Å². The Hall–Kier alpha value is -5.20. The average Bonchev–Trinajstić information content (AvgIpc) is 2.96. The van der Waals surface area contributed by atoms with E-state index in [2.05, 4.69) is 5.32 Å². The zero-order valence-electron chi connectivity index (χ0n) is 23.1. The molecule has 0 bridgehead atoms. The van der Waals surface area contributed by atoms with Crippen molar-refractivity contribution in [3.05, 3.63) is 76.4 Å². The number of carboxylic acid groups (broad SMARTS) is 1. The summed E-state index contributed by atoms with van der Waals surface area (Å²) in [4.78, 5) is 25.0. The number of aliphatic carboxylic acids is 1. The molecule has 228 valence electrons. The van der Waals surface area contributed by atoms with Crippen LogP contribution in [0.25, 0.3) is 18.2 Å². The third kappa shape index (κ3) is 8.41. The number of nitrogens with one attached hydrogen (secondary N) is 1. The van der Waals surface area contributed by atoms with Crippen molar-refractivity contribution < 1.29 is 55.2 Å². The van der Waals surface area contributed by atoms with Crippen LogP contribution in [-0.2, 0) is 20.7 Å². The SMILES string of the molecule is CCNC[C@@H](c1ccc(O)c(O)c1)[C@@H](OC(=O)C=Cc1cc(O)c(O)cc1C=Cc1cc(O)c(O)cc1CCO)C(=O)O. The van der Waals surface area contributed by atoms with Crippen molar-refractivity contribution in [2.45, 2.75) is 25.4 Å². The van der Waals surface area contributed by atoms with E-state index in [4.69, 9.17) is 4.74 Å². The van der Waals surface area contributed by atoms with E-state index in [1.165, 1.54) is 60.7 Å². The largest absolute Gasteiger partial charge is 0.504 e. The Morgan fingerprint density at radius 1 is 0.791 bits per heavy atom. The number of hydrogen-bond acceptors (Lipinski definition) is 11. The normalized spacial score (nSPS) is 12.9. The van der Waals surface area contributed by atoms with E-state index < -0.39 is 47.0 Å². The van der Waals surface area contributed by atoms with E-state index in [1.807, 2.05) is 0 Å². The Balaban J connectivity index is 1.91.